The lowest BCUT2D eigenvalue weighted by atomic mass is 9.62. The molecule has 0 radical (unpaired) electrons. The van der Waals surface area contributed by atoms with Crippen molar-refractivity contribution in [2.75, 3.05) is 37.7 Å². The molecule has 3 fully saturated rings. The highest BCUT2D eigenvalue weighted by Crippen LogP contribution is 2.65. The summed E-state index contributed by atoms with van der Waals surface area (Å²) in [6.07, 6.45) is 6.70. The third-order valence-corrected chi connectivity index (χ3v) is 10.1. The van der Waals surface area contributed by atoms with E-state index in [1.165, 1.54) is 0 Å². The van der Waals surface area contributed by atoms with E-state index in [4.69, 9.17) is 4.74 Å². The van der Waals surface area contributed by atoms with Gasteiger partial charge in [0.2, 0.25) is 11.8 Å². The molecule has 8 heteroatoms. The Labute approximate surface area is 261 Å². The molecule has 8 nitrogen and oxygen atoms in total. The molecule has 5 rings (SSSR count). The highest BCUT2D eigenvalue weighted by Gasteiger charge is 2.80. The van der Waals surface area contributed by atoms with Crippen LogP contribution >= 0.6 is 0 Å². The molecular weight excluding hydrogens is 554 g/mol. The number of fused-ring (bicyclic) bond motifs is 2. The van der Waals surface area contributed by atoms with E-state index in [1.807, 2.05) is 56.3 Å². The summed E-state index contributed by atoms with van der Waals surface area (Å²) in [5.74, 6) is -2.00. The normalized spacial score (nSPS) is 28.7. The lowest BCUT2D eigenvalue weighted by Gasteiger charge is -2.39. The second kappa shape index (κ2) is 12.9. The first-order chi connectivity index (χ1) is 21.2. The van der Waals surface area contributed by atoms with E-state index in [2.05, 4.69) is 20.1 Å². The van der Waals surface area contributed by atoms with Crippen LogP contribution in [0.2, 0.25) is 0 Å². The first-order valence-electron chi connectivity index (χ1n) is 16.1. The van der Waals surface area contributed by atoms with Crippen molar-refractivity contribution < 1.29 is 24.2 Å². The van der Waals surface area contributed by atoms with Crippen LogP contribution in [-0.2, 0) is 19.1 Å². The van der Waals surface area contributed by atoms with Crippen LogP contribution in [-0.4, -0.2) is 82.7 Å². The maximum Gasteiger partial charge on any atom is 0.253 e. The number of aliphatic hydroxyl groups is 1. The third-order valence-electron chi connectivity index (χ3n) is 10.1. The molecule has 0 saturated carbocycles. The Morgan fingerprint density at radius 3 is 2.48 bits per heavy atom. The number of carbonyl (C=O) groups excluding carboxylic acids is 3. The molecule has 3 amide bonds. The minimum atomic E-state index is -1.12. The van der Waals surface area contributed by atoms with Crippen molar-refractivity contribution in [2.45, 2.75) is 70.1 Å². The standard InChI is InChI=1S/C36H47N3O5/c1-6-18-37(19-7-2)32(41)29-30-33(42)39(21-12-9-13-22-40)31(36(30)24-25(4)35(29,5)44-36)34(43)38(20-8-3)28-17-16-26-14-10-11-15-27(26)23-28/h6,8,10-11,14-17,23,25,29-31,40H,1,3,7,9,12-13,18-22,24H2,2,4-5H3/t25?,29-,30+,31?,35+,36?/m1/s1. The third kappa shape index (κ3) is 5.16. The Bertz CT molecular complexity index is 1430. The van der Waals surface area contributed by atoms with Crippen LogP contribution < -0.4 is 4.90 Å². The van der Waals surface area contributed by atoms with E-state index in [-0.39, 0.29) is 36.8 Å². The van der Waals surface area contributed by atoms with Crippen LogP contribution in [0.5, 0.6) is 0 Å². The Kier molecular flexibility index (Phi) is 9.33. The quantitative estimate of drug-likeness (QED) is 0.244. The number of amides is 3. The number of rotatable bonds is 14. The number of nitrogens with zero attached hydrogens (tertiary/aromatic N) is 3. The van der Waals surface area contributed by atoms with Crippen molar-refractivity contribution in [1.29, 1.82) is 0 Å². The minimum absolute atomic E-state index is 0.0362. The summed E-state index contributed by atoms with van der Waals surface area (Å²) >= 11 is 0. The van der Waals surface area contributed by atoms with Crippen molar-refractivity contribution >= 4 is 34.2 Å². The average molecular weight is 602 g/mol. The van der Waals surface area contributed by atoms with Gasteiger partial charge in [-0.15, -0.1) is 13.2 Å². The van der Waals surface area contributed by atoms with Crippen molar-refractivity contribution in [2.24, 2.45) is 17.8 Å². The Morgan fingerprint density at radius 1 is 1.07 bits per heavy atom. The van der Waals surface area contributed by atoms with Crippen molar-refractivity contribution in [3.05, 3.63) is 67.8 Å². The Balaban J connectivity index is 1.59. The largest absolute Gasteiger partial charge is 0.396 e. The number of aliphatic hydroxyl groups excluding tert-OH is 1. The fourth-order valence-electron chi connectivity index (χ4n) is 8.06. The summed E-state index contributed by atoms with van der Waals surface area (Å²) in [5.41, 5.74) is -1.28. The molecule has 2 bridgehead atoms. The molecule has 1 N–H and O–H groups in total. The zero-order valence-corrected chi connectivity index (χ0v) is 26.4. The van der Waals surface area contributed by atoms with Crippen LogP contribution in [0.1, 0.15) is 52.9 Å². The molecule has 3 aliphatic rings. The van der Waals surface area contributed by atoms with Gasteiger partial charge in [0.05, 0.1) is 17.4 Å². The molecule has 1 spiro atoms. The number of benzene rings is 2. The van der Waals surface area contributed by atoms with Crippen LogP contribution in [0.3, 0.4) is 0 Å². The number of hydrogen-bond donors (Lipinski definition) is 1. The Morgan fingerprint density at radius 2 is 1.80 bits per heavy atom. The predicted octanol–water partition coefficient (Wildman–Crippen LogP) is 4.96. The molecule has 3 aliphatic heterocycles. The van der Waals surface area contributed by atoms with E-state index < -0.39 is 29.1 Å². The number of anilines is 1. The Hall–Kier alpha value is -3.49. The molecule has 3 saturated heterocycles. The minimum Gasteiger partial charge on any atom is -0.396 e. The van der Waals surface area contributed by atoms with E-state index in [0.717, 1.165) is 29.3 Å². The molecule has 44 heavy (non-hydrogen) atoms. The average Bonchev–Trinajstić information content (AvgIpc) is 3.53. The predicted molar refractivity (Wildman–Crippen MR) is 173 cm³/mol. The van der Waals surface area contributed by atoms with Gasteiger partial charge in [0.15, 0.2) is 0 Å². The second-order valence-corrected chi connectivity index (χ2v) is 12.9. The fourth-order valence-corrected chi connectivity index (χ4v) is 8.06. The first-order valence-corrected chi connectivity index (χ1v) is 16.1. The highest BCUT2D eigenvalue weighted by atomic mass is 16.5. The van der Waals surface area contributed by atoms with Gasteiger partial charge in [-0.1, -0.05) is 56.3 Å². The highest BCUT2D eigenvalue weighted by molar-refractivity contribution is 6.06. The number of ether oxygens (including phenoxy) is 1. The monoisotopic (exact) mass is 601 g/mol. The van der Waals surface area contributed by atoms with Gasteiger partial charge in [0.1, 0.15) is 11.6 Å². The summed E-state index contributed by atoms with van der Waals surface area (Å²) in [6, 6.07) is 13.0. The van der Waals surface area contributed by atoms with E-state index in [1.54, 1.807) is 26.9 Å². The van der Waals surface area contributed by atoms with Crippen molar-refractivity contribution in [1.82, 2.24) is 9.80 Å². The molecule has 3 unspecified atom stereocenters. The van der Waals surface area contributed by atoms with E-state index in [9.17, 15) is 19.5 Å². The maximum absolute atomic E-state index is 14.9. The molecule has 0 aromatic heterocycles. The van der Waals surface area contributed by atoms with Gasteiger partial charge in [-0.2, -0.15) is 0 Å². The topological polar surface area (TPSA) is 90.4 Å². The molecule has 236 valence electrons. The zero-order valence-electron chi connectivity index (χ0n) is 26.4. The maximum atomic E-state index is 14.9. The van der Waals surface area contributed by atoms with Gasteiger partial charge in [-0.25, -0.2) is 0 Å². The summed E-state index contributed by atoms with van der Waals surface area (Å²) < 4.78 is 6.97. The lowest BCUT2D eigenvalue weighted by Crippen LogP contribution is -2.57. The van der Waals surface area contributed by atoms with Crippen LogP contribution in [0.25, 0.3) is 10.8 Å². The summed E-state index contributed by atoms with van der Waals surface area (Å²) in [6.45, 7) is 15.5. The lowest BCUT2D eigenvalue weighted by molar-refractivity contribution is -0.151. The van der Waals surface area contributed by atoms with Crippen molar-refractivity contribution in [3.63, 3.8) is 0 Å². The number of unbranched alkanes of at least 4 members (excludes halogenated alkanes) is 2. The van der Waals surface area contributed by atoms with Crippen LogP contribution in [0.4, 0.5) is 5.69 Å². The molecule has 6 atom stereocenters. The van der Waals surface area contributed by atoms with Gasteiger partial charge in [0.25, 0.3) is 5.91 Å². The van der Waals surface area contributed by atoms with Gasteiger partial charge < -0.3 is 24.5 Å². The van der Waals surface area contributed by atoms with Crippen LogP contribution in [0.15, 0.2) is 67.8 Å². The second-order valence-electron chi connectivity index (χ2n) is 12.9. The SMILES string of the molecule is C=CCN(CCC)C(=O)[C@H]1[C@H]2C(=O)N(CCCCCO)C(C(=O)N(CC=C)c3ccc4ccccc4c3)C23CC(C)[C@]1(C)O3. The molecular formula is C36H47N3O5. The zero-order chi connectivity index (χ0) is 31.6. The fraction of sp³-hybridized carbons (Fsp3) is 0.528. The summed E-state index contributed by atoms with van der Waals surface area (Å²) in [4.78, 5) is 49.0. The van der Waals surface area contributed by atoms with Crippen molar-refractivity contribution in [3.8, 4) is 0 Å². The van der Waals surface area contributed by atoms with Gasteiger partial charge in [-0.3, -0.25) is 14.4 Å². The smallest absolute Gasteiger partial charge is 0.253 e. The molecule has 3 heterocycles. The summed E-state index contributed by atoms with van der Waals surface area (Å²) in [5, 5.41) is 11.5. The number of likely N-dealkylation sites (tertiary alicyclic amines) is 1. The van der Waals surface area contributed by atoms with E-state index in [0.29, 0.717) is 38.9 Å². The summed E-state index contributed by atoms with van der Waals surface area (Å²) in [7, 11) is 0. The van der Waals surface area contributed by atoms with Gasteiger partial charge >= 0.3 is 0 Å². The van der Waals surface area contributed by atoms with Gasteiger partial charge in [-0.05, 0) is 67.9 Å². The number of hydrogen-bond acceptors (Lipinski definition) is 5. The molecule has 2 aromatic carbocycles. The molecule has 2 aromatic rings. The van der Waals surface area contributed by atoms with E-state index >= 15 is 0 Å². The number of carbonyl (C=O) groups is 3. The van der Waals surface area contributed by atoms with Crippen LogP contribution in [0, 0.1) is 17.8 Å². The first kappa shape index (κ1) is 31.9. The molecule has 0 aliphatic carbocycles. The van der Waals surface area contributed by atoms with Gasteiger partial charge in [0, 0.05) is 38.5 Å².